The quantitative estimate of drug-likeness (QED) is 0.655. The molecule has 0 spiro atoms. The van der Waals surface area contributed by atoms with Crippen molar-refractivity contribution in [3.8, 4) is 5.75 Å². The molecule has 2 atom stereocenters. The van der Waals surface area contributed by atoms with Crippen LogP contribution in [0.15, 0.2) is 24.3 Å². The van der Waals surface area contributed by atoms with Gasteiger partial charge in [-0.3, -0.25) is 0 Å². The molecule has 2 unspecified atom stereocenters. The van der Waals surface area contributed by atoms with Gasteiger partial charge in [0.15, 0.2) is 0 Å². The van der Waals surface area contributed by atoms with E-state index in [9.17, 15) is 13.5 Å². The molecule has 1 aromatic rings. The number of nitrogens with one attached hydrogen (secondary N) is 1. The normalized spacial score (nSPS) is 24.7. The number of rotatable bonds is 8. The van der Waals surface area contributed by atoms with Crippen molar-refractivity contribution in [3.05, 3.63) is 29.8 Å². The van der Waals surface area contributed by atoms with Gasteiger partial charge in [0.05, 0.1) is 11.8 Å². The van der Waals surface area contributed by atoms with E-state index in [0.29, 0.717) is 43.7 Å². The molecule has 0 saturated heterocycles. The lowest BCUT2D eigenvalue weighted by atomic mass is 9.76. The van der Waals surface area contributed by atoms with E-state index in [0.717, 1.165) is 12.8 Å². The maximum atomic E-state index is 12.1. The number of sulfonamides is 1. The summed E-state index contributed by atoms with van der Waals surface area (Å²) in [6, 6.07) is 6.68. The van der Waals surface area contributed by atoms with Crippen LogP contribution < -0.4 is 15.2 Å². The lowest BCUT2D eigenvalue weighted by Gasteiger charge is -2.40. The maximum Gasteiger partial charge on any atom is 0.211 e. The third kappa shape index (κ3) is 4.69. The van der Waals surface area contributed by atoms with Crippen LogP contribution in [-0.2, 0) is 15.6 Å². The van der Waals surface area contributed by atoms with Gasteiger partial charge in [0, 0.05) is 6.54 Å². The van der Waals surface area contributed by atoms with Crippen LogP contribution >= 0.6 is 0 Å². The molecule has 0 radical (unpaired) electrons. The SMILES string of the molecule is CCCS(=O)(=O)NC1CCCCC1(O)c1ccc(OCCN)cc1. The molecular weight excluding hydrogens is 328 g/mol. The minimum atomic E-state index is -3.38. The lowest BCUT2D eigenvalue weighted by molar-refractivity contribution is -0.0249. The van der Waals surface area contributed by atoms with Crippen LogP contribution in [0.3, 0.4) is 0 Å². The average molecular weight is 356 g/mol. The summed E-state index contributed by atoms with van der Waals surface area (Å²) < 4.78 is 32.4. The summed E-state index contributed by atoms with van der Waals surface area (Å²) in [7, 11) is -3.38. The van der Waals surface area contributed by atoms with Crippen molar-refractivity contribution in [1.82, 2.24) is 4.72 Å². The first-order valence-corrected chi connectivity index (χ1v) is 10.2. The molecule has 1 aliphatic carbocycles. The van der Waals surface area contributed by atoms with E-state index in [2.05, 4.69) is 4.72 Å². The van der Waals surface area contributed by atoms with Crippen molar-refractivity contribution in [2.45, 2.75) is 50.7 Å². The second kappa shape index (κ2) is 8.29. The topological polar surface area (TPSA) is 102 Å². The van der Waals surface area contributed by atoms with Gasteiger partial charge in [0.2, 0.25) is 10.0 Å². The first-order chi connectivity index (χ1) is 11.4. The monoisotopic (exact) mass is 356 g/mol. The molecule has 136 valence electrons. The summed E-state index contributed by atoms with van der Waals surface area (Å²) in [4.78, 5) is 0. The molecule has 2 rings (SSSR count). The van der Waals surface area contributed by atoms with Gasteiger partial charge < -0.3 is 15.6 Å². The van der Waals surface area contributed by atoms with E-state index >= 15 is 0 Å². The molecular formula is C17H28N2O4S. The van der Waals surface area contributed by atoms with Crippen molar-refractivity contribution in [2.24, 2.45) is 5.73 Å². The molecule has 4 N–H and O–H groups in total. The smallest absolute Gasteiger partial charge is 0.211 e. The average Bonchev–Trinajstić information content (AvgIpc) is 2.55. The van der Waals surface area contributed by atoms with Gasteiger partial charge >= 0.3 is 0 Å². The van der Waals surface area contributed by atoms with Crippen molar-refractivity contribution in [3.63, 3.8) is 0 Å². The zero-order valence-corrected chi connectivity index (χ0v) is 15.0. The fourth-order valence-electron chi connectivity index (χ4n) is 3.22. The van der Waals surface area contributed by atoms with Crippen LogP contribution in [0, 0.1) is 0 Å². The van der Waals surface area contributed by atoms with Gasteiger partial charge in [0.25, 0.3) is 0 Å². The van der Waals surface area contributed by atoms with E-state index in [1.807, 2.05) is 6.92 Å². The predicted molar refractivity (Wildman–Crippen MR) is 94.4 cm³/mol. The van der Waals surface area contributed by atoms with Gasteiger partial charge in [-0.05, 0) is 37.0 Å². The molecule has 0 bridgehead atoms. The molecule has 0 aromatic heterocycles. The predicted octanol–water partition coefficient (Wildman–Crippen LogP) is 1.48. The van der Waals surface area contributed by atoms with E-state index in [-0.39, 0.29) is 5.75 Å². The second-order valence-electron chi connectivity index (χ2n) is 6.32. The minimum Gasteiger partial charge on any atom is -0.492 e. The van der Waals surface area contributed by atoms with E-state index in [4.69, 9.17) is 10.5 Å². The highest BCUT2D eigenvalue weighted by Gasteiger charge is 2.42. The molecule has 0 aliphatic heterocycles. The Hall–Kier alpha value is -1.15. The fourth-order valence-corrected chi connectivity index (χ4v) is 4.62. The largest absolute Gasteiger partial charge is 0.492 e. The van der Waals surface area contributed by atoms with Gasteiger partial charge in [0.1, 0.15) is 18.0 Å². The molecule has 7 heteroatoms. The molecule has 1 saturated carbocycles. The summed E-state index contributed by atoms with van der Waals surface area (Å²) in [5, 5.41) is 11.2. The van der Waals surface area contributed by atoms with Crippen LogP contribution in [0.1, 0.15) is 44.6 Å². The molecule has 1 aromatic carbocycles. The van der Waals surface area contributed by atoms with Crippen LogP contribution in [0.4, 0.5) is 0 Å². The molecule has 6 nitrogen and oxygen atoms in total. The Bertz CT molecular complexity index is 618. The number of nitrogens with two attached hydrogens (primary N) is 1. The number of hydrogen-bond donors (Lipinski definition) is 3. The summed E-state index contributed by atoms with van der Waals surface area (Å²) >= 11 is 0. The van der Waals surface area contributed by atoms with Crippen LogP contribution in [0.25, 0.3) is 0 Å². The van der Waals surface area contributed by atoms with Crippen molar-refractivity contribution in [1.29, 1.82) is 0 Å². The van der Waals surface area contributed by atoms with Gasteiger partial charge in [-0.1, -0.05) is 31.9 Å². The highest BCUT2D eigenvalue weighted by atomic mass is 32.2. The van der Waals surface area contributed by atoms with Crippen molar-refractivity contribution >= 4 is 10.0 Å². The summed E-state index contributed by atoms with van der Waals surface area (Å²) in [6.45, 7) is 2.70. The molecule has 1 aliphatic rings. The highest BCUT2D eigenvalue weighted by molar-refractivity contribution is 7.89. The lowest BCUT2D eigenvalue weighted by Crippen LogP contribution is -2.52. The minimum absolute atomic E-state index is 0.0748. The summed E-state index contributed by atoms with van der Waals surface area (Å²) in [5.41, 5.74) is 4.94. The highest BCUT2D eigenvalue weighted by Crippen LogP contribution is 2.38. The van der Waals surface area contributed by atoms with E-state index in [1.54, 1.807) is 24.3 Å². The van der Waals surface area contributed by atoms with E-state index in [1.165, 1.54) is 0 Å². The zero-order chi connectivity index (χ0) is 17.6. The van der Waals surface area contributed by atoms with E-state index < -0.39 is 21.7 Å². The zero-order valence-electron chi connectivity index (χ0n) is 14.2. The van der Waals surface area contributed by atoms with Crippen molar-refractivity contribution in [2.75, 3.05) is 18.9 Å². The standard InChI is InChI=1S/C17H28N2O4S/c1-2-13-24(21,22)19-16-5-3-4-10-17(16,20)14-6-8-15(9-7-14)23-12-11-18/h6-9,16,19-20H,2-5,10-13,18H2,1H3. The van der Waals surface area contributed by atoms with Crippen LogP contribution in [0.2, 0.25) is 0 Å². The van der Waals surface area contributed by atoms with Crippen molar-refractivity contribution < 1.29 is 18.3 Å². The summed E-state index contributed by atoms with van der Waals surface area (Å²) in [6.07, 6.45) is 3.49. The Kier molecular flexibility index (Phi) is 6.62. The Labute approximate surface area is 144 Å². The maximum absolute atomic E-state index is 12.1. The molecule has 0 heterocycles. The Morgan fingerprint density at radius 3 is 2.67 bits per heavy atom. The van der Waals surface area contributed by atoms with Gasteiger partial charge in [-0.25, -0.2) is 13.1 Å². The van der Waals surface area contributed by atoms with Gasteiger partial charge in [-0.15, -0.1) is 0 Å². The van der Waals surface area contributed by atoms with Crippen LogP contribution in [0.5, 0.6) is 5.75 Å². The molecule has 1 fully saturated rings. The Morgan fingerprint density at radius 1 is 1.33 bits per heavy atom. The molecule has 24 heavy (non-hydrogen) atoms. The number of benzene rings is 1. The Balaban J connectivity index is 2.20. The second-order valence-corrected chi connectivity index (χ2v) is 8.19. The number of ether oxygens (including phenoxy) is 1. The number of hydrogen-bond acceptors (Lipinski definition) is 5. The molecule has 0 amide bonds. The van der Waals surface area contributed by atoms with Gasteiger partial charge in [-0.2, -0.15) is 0 Å². The first kappa shape index (κ1) is 19.2. The number of aliphatic hydroxyl groups is 1. The third-order valence-corrected chi connectivity index (χ3v) is 6.00. The third-order valence-electron chi connectivity index (χ3n) is 4.41. The summed E-state index contributed by atoms with van der Waals surface area (Å²) in [5.74, 6) is 0.762. The Morgan fingerprint density at radius 2 is 2.04 bits per heavy atom. The van der Waals surface area contributed by atoms with Crippen LogP contribution in [-0.4, -0.2) is 38.5 Å². The fraction of sp³-hybridized carbons (Fsp3) is 0.647. The first-order valence-electron chi connectivity index (χ1n) is 8.57.